The topological polar surface area (TPSA) is 68.0 Å². The molecule has 0 unspecified atom stereocenters. The van der Waals surface area contributed by atoms with E-state index >= 15 is 0 Å². The van der Waals surface area contributed by atoms with Gasteiger partial charge < -0.3 is 11.1 Å². The summed E-state index contributed by atoms with van der Waals surface area (Å²) in [5.74, 6) is -0.0971. The van der Waals surface area contributed by atoms with E-state index in [9.17, 15) is 4.79 Å². The number of benzene rings is 1. The summed E-state index contributed by atoms with van der Waals surface area (Å²) in [6.45, 7) is 2.68. The minimum Gasteiger partial charge on any atom is -0.399 e. The molecule has 4 nitrogen and oxygen atoms in total. The van der Waals surface area contributed by atoms with Crippen molar-refractivity contribution in [1.29, 1.82) is 0 Å². The van der Waals surface area contributed by atoms with Crippen molar-refractivity contribution in [3.8, 4) is 11.1 Å². The van der Waals surface area contributed by atoms with Gasteiger partial charge in [0, 0.05) is 30.2 Å². The fourth-order valence-corrected chi connectivity index (χ4v) is 1.78. The molecule has 0 aliphatic carbocycles. The molecule has 3 N–H and O–H groups in total. The third-order valence-electron chi connectivity index (χ3n) is 2.76. The van der Waals surface area contributed by atoms with Crippen molar-refractivity contribution < 1.29 is 4.79 Å². The maximum atomic E-state index is 11.9. The maximum absolute atomic E-state index is 11.9. The summed E-state index contributed by atoms with van der Waals surface area (Å²) in [6, 6.07) is 9.35. The van der Waals surface area contributed by atoms with Crippen LogP contribution in [-0.2, 0) is 0 Å². The first-order valence-electron chi connectivity index (χ1n) is 6.30. The molecule has 4 heteroatoms. The van der Waals surface area contributed by atoms with Gasteiger partial charge in [0.2, 0.25) is 0 Å². The van der Waals surface area contributed by atoms with Gasteiger partial charge in [-0.05, 0) is 30.2 Å². The van der Waals surface area contributed by atoms with E-state index < -0.39 is 0 Å². The van der Waals surface area contributed by atoms with Crippen LogP contribution in [0.3, 0.4) is 0 Å². The molecule has 0 aliphatic heterocycles. The fraction of sp³-hybridized carbons (Fsp3) is 0.200. The monoisotopic (exact) mass is 255 g/mol. The second kappa shape index (κ2) is 6.00. The van der Waals surface area contributed by atoms with Crippen LogP contribution >= 0.6 is 0 Å². The number of pyridine rings is 1. The van der Waals surface area contributed by atoms with Gasteiger partial charge in [-0.15, -0.1) is 0 Å². The van der Waals surface area contributed by atoms with Crippen LogP contribution in [-0.4, -0.2) is 17.4 Å². The molecule has 0 fully saturated rings. The van der Waals surface area contributed by atoms with Crippen LogP contribution in [0.15, 0.2) is 42.7 Å². The zero-order chi connectivity index (χ0) is 13.7. The molecule has 0 saturated carbocycles. The van der Waals surface area contributed by atoms with Crippen molar-refractivity contribution in [3.05, 3.63) is 48.3 Å². The molecule has 1 aromatic heterocycles. The van der Waals surface area contributed by atoms with E-state index in [-0.39, 0.29) is 5.91 Å². The molecule has 2 rings (SSSR count). The van der Waals surface area contributed by atoms with Gasteiger partial charge in [0.15, 0.2) is 0 Å². The molecule has 0 aliphatic rings. The van der Waals surface area contributed by atoms with E-state index in [0.29, 0.717) is 17.8 Å². The molecule has 1 aromatic carbocycles. The molecule has 2 aromatic rings. The molecular weight excluding hydrogens is 238 g/mol. The van der Waals surface area contributed by atoms with Crippen LogP contribution in [0, 0.1) is 0 Å². The van der Waals surface area contributed by atoms with Gasteiger partial charge in [0.1, 0.15) is 0 Å². The Morgan fingerprint density at radius 1 is 1.26 bits per heavy atom. The summed E-state index contributed by atoms with van der Waals surface area (Å²) >= 11 is 0. The summed E-state index contributed by atoms with van der Waals surface area (Å²) in [6.07, 6.45) is 4.21. The molecule has 0 radical (unpaired) electrons. The minimum absolute atomic E-state index is 0.0971. The highest BCUT2D eigenvalue weighted by atomic mass is 16.1. The smallest absolute Gasteiger partial charge is 0.252 e. The van der Waals surface area contributed by atoms with E-state index in [0.717, 1.165) is 17.5 Å². The molecule has 0 spiro atoms. The first kappa shape index (κ1) is 13.1. The SMILES string of the molecule is CCCNC(=O)c1cncc(-c2cccc(N)c2)c1. The zero-order valence-electron chi connectivity index (χ0n) is 10.9. The van der Waals surface area contributed by atoms with Gasteiger partial charge in [-0.1, -0.05) is 19.1 Å². The highest BCUT2D eigenvalue weighted by Gasteiger charge is 2.07. The maximum Gasteiger partial charge on any atom is 0.252 e. The average Bonchev–Trinajstić information content (AvgIpc) is 2.45. The van der Waals surface area contributed by atoms with Gasteiger partial charge in [0.25, 0.3) is 5.91 Å². The van der Waals surface area contributed by atoms with Gasteiger partial charge >= 0.3 is 0 Å². The first-order valence-corrected chi connectivity index (χ1v) is 6.30. The Morgan fingerprint density at radius 2 is 2.11 bits per heavy atom. The van der Waals surface area contributed by atoms with Crippen LogP contribution in [0.5, 0.6) is 0 Å². The van der Waals surface area contributed by atoms with Crippen LogP contribution in [0.25, 0.3) is 11.1 Å². The van der Waals surface area contributed by atoms with Gasteiger partial charge in [0.05, 0.1) is 5.56 Å². The van der Waals surface area contributed by atoms with E-state index in [1.807, 2.05) is 37.3 Å². The summed E-state index contributed by atoms with van der Waals surface area (Å²) in [5.41, 5.74) is 8.86. The van der Waals surface area contributed by atoms with E-state index in [1.165, 1.54) is 0 Å². The minimum atomic E-state index is -0.0971. The third-order valence-corrected chi connectivity index (χ3v) is 2.76. The standard InChI is InChI=1S/C15H17N3O/c1-2-6-18-15(19)13-7-12(9-17-10-13)11-4-3-5-14(16)8-11/h3-5,7-10H,2,6,16H2,1H3,(H,18,19). The average molecular weight is 255 g/mol. The van der Waals surface area contributed by atoms with Crippen molar-refractivity contribution >= 4 is 11.6 Å². The fourth-order valence-electron chi connectivity index (χ4n) is 1.78. The number of anilines is 1. The Labute approximate surface area is 112 Å². The van der Waals surface area contributed by atoms with E-state index in [4.69, 9.17) is 5.73 Å². The Morgan fingerprint density at radius 3 is 2.84 bits per heavy atom. The Balaban J connectivity index is 2.26. The van der Waals surface area contributed by atoms with Gasteiger partial charge in [-0.25, -0.2) is 0 Å². The van der Waals surface area contributed by atoms with Crippen LogP contribution in [0.4, 0.5) is 5.69 Å². The van der Waals surface area contributed by atoms with Crippen LogP contribution in [0.2, 0.25) is 0 Å². The lowest BCUT2D eigenvalue weighted by Crippen LogP contribution is -2.24. The summed E-state index contributed by atoms with van der Waals surface area (Å²) in [7, 11) is 0. The van der Waals surface area contributed by atoms with Crippen LogP contribution < -0.4 is 11.1 Å². The second-order valence-electron chi connectivity index (χ2n) is 4.34. The number of carbonyl (C=O) groups is 1. The zero-order valence-corrected chi connectivity index (χ0v) is 10.9. The molecular formula is C15H17N3O. The number of nitrogens with zero attached hydrogens (tertiary/aromatic N) is 1. The number of nitrogens with two attached hydrogens (primary N) is 1. The van der Waals surface area contributed by atoms with Crippen LogP contribution in [0.1, 0.15) is 23.7 Å². The quantitative estimate of drug-likeness (QED) is 0.825. The van der Waals surface area contributed by atoms with E-state index in [2.05, 4.69) is 10.3 Å². The largest absolute Gasteiger partial charge is 0.399 e. The highest BCUT2D eigenvalue weighted by molar-refractivity contribution is 5.95. The molecule has 1 heterocycles. The molecule has 0 bridgehead atoms. The second-order valence-corrected chi connectivity index (χ2v) is 4.34. The van der Waals surface area contributed by atoms with Gasteiger partial charge in [-0.3, -0.25) is 9.78 Å². The van der Waals surface area contributed by atoms with Crippen molar-refractivity contribution in [2.75, 3.05) is 12.3 Å². The van der Waals surface area contributed by atoms with Crippen molar-refractivity contribution in [1.82, 2.24) is 10.3 Å². The molecule has 0 saturated heterocycles. The first-order chi connectivity index (χ1) is 9.20. The Hall–Kier alpha value is -2.36. The lowest BCUT2D eigenvalue weighted by atomic mass is 10.1. The van der Waals surface area contributed by atoms with Gasteiger partial charge in [-0.2, -0.15) is 0 Å². The molecule has 19 heavy (non-hydrogen) atoms. The predicted octanol–water partition coefficient (Wildman–Crippen LogP) is 2.47. The molecule has 98 valence electrons. The summed E-state index contributed by atoms with van der Waals surface area (Å²) in [5, 5.41) is 2.84. The number of aromatic nitrogens is 1. The number of carbonyl (C=O) groups excluding carboxylic acids is 1. The highest BCUT2D eigenvalue weighted by Crippen LogP contribution is 2.21. The Bertz CT molecular complexity index is 581. The number of hydrogen-bond acceptors (Lipinski definition) is 3. The number of amides is 1. The predicted molar refractivity (Wildman–Crippen MR) is 76.7 cm³/mol. The third kappa shape index (κ3) is 3.31. The molecule has 0 atom stereocenters. The summed E-state index contributed by atoms with van der Waals surface area (Å²) < 4.78 is 0. The number of hydrogen-bond donors (Lipinski definition) is 2. The van der Waals surface area contributed by atoms with Crippen molar-refractivity contribution in [3.63, 3.8) is 0 Å². The lowest BCUT2D eigenvalue weighted by molar-refractivity contribution is 0.0953. The Kier molecular flexibility index (Phi) is 4.13. The number of rotatable bonds is 4. The van der Waals surface area contributed by atoms with Crippen molar-refractivity contribution in [2.45, 2.75) is 13.3 Å². The van der Waals surface area contributed by atoms with Crippen molar-refractivity contribution in [2.24, 2.45) is 0 Å². The normalized spacial score (nSPS) is 10.2. The number of nitrogens with one attached hydrogen (secondary N) is 1. The lowest BCUT2D eigenvalue weighted by Gasteiger charge is -2.06. The summed E-state index contributed by atoms with van der Waals surface area (Å²) in [4.78, 5) is 16.0. The number of nitrogen functional groups attached to an aromatic ring is 1. The molecule has 1 amide bonds. The van der Waals surface area contributed by atoms with E-state index in [1.54, 1.807) is 12.4 Å².